The fourth-order valence-corrected chi connectivity index (χ4v) is 3.84. The number of nitrogens with one attached hydrogen (secondary N) is 1. The number of ether oxygens (including phenoxy) is 2. The van der Waals surface area contributed by atoms with E-state index in [2.05, 4.69) is 5.32 Å². The number of carbonyl (C=O) groups is 4. The summed E-state index contributed by atoms with van der Waals surface area (Å²) in [6.45, 7) is 2.12. The van der Waals surface area contributed by atoms with E-state index >= 15 is 0 Å². The molecular weight excluding hydrogens is 436 g/mol. The van der Waals surface area contributed by atoms with Crippen molar-refractivity contribution in [2.45, 2.75) is 19.4 Å². The maximum Gasteiger partial charge on any atom is 0.338 e. The molecule has 0 spiro atoms. The van der Waals surface area contributed by atoms with E-state index in [1.54, 1.807) is 13.2 Å². The molecular formula is C26H24N2O6. The Hall–Kier alpha value is -4.04. The van der Waals surface area contributed by atoms with Crippen molar-refractivity contribution in [3.63, 3.8) is 0 Å². The number of methoxy groups -OCH3 is 1. The van der Waals surface area contributed by atoms with Crippen LogP contribution in [0.4, 0.5) is 5.69 Å². The number of amides is 3. The van der Waals surface area contributed by atoms with Gasteiger partial charge in [0.15, 0.2) is 6.10 Å². The molecule has 1 N–H and O–H groups in total. The topological polar surface area (TPSA) is 102 Å². The van der Waals surface area contributed by atoms with Gasteiger partial charge in [0.05, 0.1) is 16.7 Å². The Morgan fingerprint density at radius 1 is 0.971 bits per heavy atom. The number of rotatable bonds is 8. The van der Waals surface area contributed by atoms with Crippen LogP contribution in [0.5, 0.6) is 0 Å². The lowest BCUT2D eigenvalue weighted by molar-refractivity contribution is -0.123. The number of esters is 1. The van der Waals surface area contributed by atoms with Crippen LogP contribution in [0.2, 0.25) is 0 Å². The molecule has 0 saturated carbocycles. The minimum Gasteiger partial charge on any atom is -0.449 e. The van der Waals surface area contributed by atoms with Gasteiger partial charge in [-0.15, -0.1) is 0 Å². The molecule has 1 heterocycles. The lowest BCUT2D eigenvalue weighted by Gasteiger charge is -2.15. The van der Waals surface area contributed by atoms with Crippen LogP contribution < -0.4 is 5.32 Å². The number of imide groups is 1. The molecule has 0 fully saturated rings. The van der Waals surface area contributed by atoms with E-state index in [9.17, 15) is 19.2 Å². The fourth-order valence-electron chi connectivity index (χ4n) is 3.84. The van der Waals surface area contributed by atoms with Crippen LogP contribution in [-0.4, -0.2) is 55.0 Å². The third kappa shape index (κ3) is 4.53. The predicted molar refractivity (Wildman–Crippen MR) is 126 cm³/mol. The Labute approximate surface area is 196 Å². The molecule has 1 aliphatic rings. The quantitative estimate of drug-likeness (QED) is 0.313. The summed E-state index contributed by atoms with van der Waals surface area (Å²) in [4.78, 5) is 51.7. The SMILES string of the molecule is COCCCN1C(=O)c2ccc(C(=O)OC(C)C(=O)Nc3cccc4ccccc34)cc2C1=O. The molecule has 3 aromatic carbocycles. The molecule has 0 aromatic heterocycles. The van der Waals surface area contributed by atoms with Gasteiger partial charge in [0.25, 0.3) is 17.7 Å². The molecule has 1 unspecified atom stereocenters. The number of anilines is 1. The van der Waals surface area contributed by atoms with Crippen molar-refractivity contribution in [3.05, 3.63) is 77.4 Å². The molecule has 1 atom stereocenters. The van der Waals surface area contributed by atoms with Crippen molar-refractivity contribution in [1.82, 2.24) is 4.90 Å². The van der Waals surface area contributed by atoms with Crippen LogP contribution in [0.3, 0.4) is 0 Å². The van der Waals surface area contributed by atoms with Gasteiger partial charge in [0.2, 0.25) is 0 Å². The number of benzene rings is 3. The van der Waals surface area contributed by atoms with Gasteiger partial charge in [-0.25, -0.2) is 4.79 Å². The second kappa shape index (κ2) is 9.84. The maximum absolute atomic E-state index is 12.7. The number of hydrogen-bond donors (Lipinski definition) is 1. The minimum absolute atomic E-state index is 0.0865. The third-order valence-electron chi connectivity index (χ3n) is 5.64. The molecule has 0 saturated heterocycles. The molecule has 3 aromatic rings. The third-order valence-corrected chi connectivity index (χ3v) is 5.64. The van der Waals surface area contributed by atoms with Crippen LogP contribution in [0.25, 0.3) is 10.8 Å². The lowest BCUT2D eigenvalue weighted by Crippen LogP contribution is -2.31. The van der Waals surface area contributed by atoms with Crippen LogP contribution in [0.1, 0.15) is 44.4 Å². The van der Waals surface area contributed by atoms with E-state index in [0.29, 0.717) is 18.7 Å². The van der Waals surface area contributed by atoms with Crippen LogP contribution in [0, 0.1) is 0 Å². The largest absolute Gasteiger partial charge is 0.449 e. The van der Waals surface area contributed by atoms with E-state index in [-0.39, 0.29) is 23.2 Å². The summed E-state index contributed by atoms with van der Waals surface area (Å²) >= 11 is 0. The number of hydrogen-bond acceptors (Lipinski definition) is 6. The van der Waals surface area contributed by atoms with E-state index in [1.807, 2.05) is 36.4 Å². The monoisotopic (exact) mass is 460 g/mol. The summed E-state index contributed by atoms with van der Waals surface area (Å²) in [6, 6.07) is 17.3. The van der Waals surface area contributed by atoms with Gasteiger partial charge in [-0.2, -0.15) is 0 Å². The number of carbonyl (C=O) groups excluding carboxylic acids is 4. The maximum atomic E-state index is 12.7. The summed E-state index contributed by atoms with van der Waals surface area (Å²) in [5.41, 5.74) is 1.08. The van der Waals surface area contributed by atoms with Gasteiger partial charge in [-0.05, 0) is 43.0 Å². The zero-order valence-corrected chi connectivity index (χ0v) is 18.9. The Morgan fingerprint density at radius 2 is 1.71 bits per heavy atom. The summed E-state index contributed by atoms with van der Waals surface area (Å²) in [5.74, 6) is -2.12. The second-order valence-electron chi connectivity index (χ2n) is 7.93. The standard InChI is InChI=1S/C26H24N2O6/c1-16(23(29)27-22-10-5-8-17-7-3-4-9-19(17)22)34-26(32)18-11-12-20-21(15-18)25(31)28(24(20)30)13-6-14-33-2/h3-5,7-12,15-16H,6,13-14H2,1-2H3,(H,27,29). The molecule has 8 nitrogen and oxygen atoms in total. The minimum atomic E-state index is -1.08. The van der Waals surface area contributed by atoms with E-state index in [0.717, 1.165) is 15.7 Å². The van der Waals surface area contributed by atoms with Crippen molar-refractivity contribution in [2.24, 2.45) is 0 Å². The van der Waals surface area contributed by atoms with Crippen LogP contribution in [0.15, 0.2) is 60.7 Å². The molecule has 8 heteroatoms. The van der Waals surface area contributed by atoms with Gasteiger partial charge in [0, 0.05) is 31.3 Å². The summed E-state index contributed by atoms with van der Waals surface area (Å²) < 4.78 is 10.3. The molecule has 4 rings (SSSR count). The average Bonchev–Trinajstić information content (AvgIpc) is 3.08. The summed E-state index contributed by atoms with van der Waals surface area (Å²) in [5, 5.41) is 4.63. The zero-order chi connectivity index (χ0) is 24.2. The highest BCUT2D eigenvalue weighted by atomic mass is 16.5. The first-order valence-corrected chi connectivity index (χ1v) is 10.9. The first kappa shape index (κ1) is 23.1. The van der Waals surface area contributed by atoms with Crippen molar-refractivity contribution >= 4 is 40.2 Å². The molecule has 174 valence electrons. The molecule has 1 aliphatic heterocycles. The van der Waals surface area contributed by atoms with Crippen LogP contribution in [-0.2, 0) is 14.3 Å². The normalized spacial score (nSPS) is 13.6. The first-order chi connectivity index (χ1) is 16.4. The van der Waals surface area contributed by atoms with Crippen molar-refractivity contribution in [1.29, 1.82) is 0 Å². The van der Waals surface area contributed by atoms with Gasteiger partial charge in [-0.3, -0.25) is 19.3 Å². The summed E-state index contributed by atoms with van der Waals surface area (Å²) in [7, 11) is 1.55. The highest BCUT2D eigenvalue weighted by Crippen LogP contribution is 2.25. The first-order valence-electron chi connectivity index (χ1n) is 10.9. The van der Waals surface area contributed by atoms with Crippen molar-refractivity contribution in [2.75, 3.05) is 25.6 Å². The average molecular weight is 460 g/mol. The Morgan fingerprint density at radius 3 is 2.50 bits per heavy atom. The van der Waals surface area contributed by atoms with E-state index in [1.165, 1.54) is 25.1 Å². The fraction of sp³-hybridized carbons (Fsp3) is 0.231. The lowest BCUT2D eigenvalue weighted by atomic mass is 10.1. The van der Waals surface area contributed by atoms with Crippen molar-refractivity contribution < 1.29 is 28.7 Å². The highest BCUT2D eigenvalue weighted by molar-refractivity contribution is 6.22. The van der Waals surface area contributed by atoms with Crippen LogP contribution >= 0.6 is 0 Å². The zero-order valence-electron chi connectivity index (χ0n) is 18.9. The molecule has 3 amide bonds. The summed E-state index contributed by atoms with van der Waals surface area (Å²) in [6.07, 6.45) is -0.567. The highest BCUT2D eigenvalue weighted by Gasteiger charge is 2.36. The van der Waals surface area contributed by atoms with Gasteiger partial charge < -0.3 is 14.8 Å². The van der Waals surface area contributed by atoms with Crippen molar-refractivity contribution in [3.8, 4) is 0 Å². The molecule has 0 aliphatic carbocycles. The van der Waals surface area contributed by atoms with Gasteiger partial charge >= 0.3 is 5.97 Å². The van der Waals surface area contributed by atoms with E-state index in [4.69, 9.17) is 9.47 Å². The molecule has 34 heavy (non-hydrogen) atoms. The Bertz CT molecular complexity index is 1280. The Kier molecular flexibility index (Phi) is 6.70. The second-order valence-corrected chi connectivity index (χ2v) is 7.93. The number of fused-ring (bicyclic) bond motifs is 2. The van der Waals surface area contributed by atoms with Gasteiger partial charge in [-0.1, -0.05) is 36.4 Å². The predicted octanol–water partition coefficient (Wildman–Crippen LogP) is 3.66. The number of nitrogens with zero attached hydrogens (tertiary/aromatic N) is 1. The van der Waals surface area contributed by atoms with Gasteiger partial charge in [0.1, 0.15) is 0 Å². The smallest absolute Gasteiger partial charge is 0.338 e. The molecule has 0 bridgehead atoms. The van der Waals surface area contributed by atoms with E-state index < -0.39 is 29.8 Å². The molecule has 0 radical (unpaired) electrons. The Balaban J connectivity index is 1.44.